The summed E-state index contributed by atoms with van der Waals surface area (Å²) in [6, 6.07) is 19.2. The molecule has 0 spiro atoms. The summed E-state index contributed by atoms with van der Waals surface area (Å²) in [4.78, 5) is 102. The van der Waals surface area contributed by atoms with Crippen LogP contribution in [0.2, 0.25) is 19.1 Å². The highest BCUT2D eigenvalue weighted by atomic mass is 28.3. The molecular formula is C64H89N9O7Si. The number of likely N-dealkylation sites (tertiary alicyclic amines) is 1. The van der Waals surface area contributed by atoms with Crippen molar-refractivity contribution >= 4 is 49.4 Å². The lowest BCUT2D eigenvalue weighted by molar-refractivity contribution is -0.144. The molecular weight excluding hydrogens is 1030 g/mol. The first-order chi connectivity index (χ1) is 38.5. The van der Waals surface area contributed by atoms with Gasteiger partial charge >= 0.3 is 0 Å². The van der Waals surface area contributed by atoms with Crippen LogP contribution in [0.25, 0.3) is 0 Å². The molecule has 0 bridgehead atoms. The zero-order chi connectivity index (χ0) is 58.6. The molecule has 7 amide bonds. The number of likely N-dealkylation sites (N-methyl/N-ethyl adjacent to an activating group) is 2. The Morgan fingerprint density at radius 1 is 0.691 bits per heavy atom. The Morgan fingerprint density at radius 2 is 1.31 bits per heavy atom. The van der Waals surface area contributed by atoms with E-state index >= 15 is 0 Å². The van der Waals surface area contributed by atoms with E-state index in [2.05, 4.69) is 69.0 Å². The number of fused-ring (bicyclic) bond motifs is 1. The zero-order valence-corrected chi connectivity index (χ0v) is 50.3. The first-order valence-electron chi connectivity index (χ1n) is 29.3. The molecule has 3 aromatic rings. The number of rotatable bonds is 19. The number of amides is 7. The summed E-state index contributed by atoms with van der Waals surface area (Å²) >= 11 is 0. The maximum Gasteiger partial charge on any atom is 0.251 e. The van der Waals surface area contributed by atoms with Crippen molar-refractivity contribution in [2.24, 2.45) is 5.41 Å². The van der Waals surface area contributed by atoms with Gasteiger partial charge in [0, 0.05) is 36.8 Å². The second-order valence-corrected chi connectivity index (χ2v) is 29.9. The Hall–Kier alpha value is -6.69. The number of hydrogen-bond acceptors (Lipinski definition) is 9. The second-order valence-electron chi connectivity index (χ2n) is 24.8. The summed E-state index contributed by atoms with van der Waals surface area (Å²) in [6.45, 7) is 17.7. The first-order valence-corrected chi connectivity index (χ1v) is 32.7. The lowest BCUT2D eigenvalue weighted by Gasteiger charge is -2.36. The van der Waals surface area contributed by atoms with Crippen LogP contribution in [-0.4, -0.2) is 134 Å². The van der Waals surface area contributed by atoms with Gasteiger partial charge in [0.2, 0.25) is 35.4 Å². The van der Waals surface area contributed by atoms with Crippen LogP contribution in [0.15, 0.2) is 109 Å². The molecule has 2 fully saturated rings. The Balaban J connectivity index is 0.984. The molecule has 2 saturated heterocycles. The number of hydrogen-bond donors (Lipinski definition) is 7. The molecule has 0 aromatic heterocycles. The van der Waals surface area contributed by atoms with Gasteiger partial charge in [-0.15, -0.1) is 0 Å². The second kappa shape index (κ2) is 27.9. The van der Waals surface area contributed by atoms with Crippen LogP contribution >= 0.6 is 0 Å². The highest BCUT2D eigenvalue weighted by Crippen LogP contribution is 2.33. The van der Waals surface area contributed by atoms with E-state index in [1.54, 1.807) is 45.0 Å². The Kier molecular flexibility index (Phi) is 21.3. The Labute approximate surface area is 481 Å². The summed E-state index contributed by atoms with van der Waals surface area (Å²) in [5.74, 6) is -2.01. The van der Waals surface area contributed by atoms with Crippen LogP contribution in [0.1, 0.15) is 124 Å². The molecule has 1 unspecified atom stereocenters. The van der Waals surface area contributed by atoms with Crippen LogP contribution in [0.4, 0.5) is 0 Å². The van der Waals surface area contributed by atoms with Crippen LogP contribution in [0.3, 0.4) is 0 Å². The minimum absolute atomic E-state index is 0.0910. The van der Waals surface area contributed by atoms with Gasteiger partial charge in [-0.3, -0.25) is 33.6 Å². The van der Waals surface area contributed by atoms with Crippen molar-refractivity contribution in [3.05, 3.63) is 143 Å². The van der Waals surface area contributed by atoms with Crippen LogP contribution in [-0.2, 0) is 54.5 Å². The van der Waals surface area contributed by atoms with Gasteiger partial charge in [0.1, 0.15) is 24.2 Å². The van der Waals surface area contributed by atoms with Gasteiger partial charge in [0.15, 0.2) is 0 Å². The number of aryl methyl sites for hydroxylation is 3. The molecule has 436 valence electrons. The monoisotopic (exact) mass is 1120 g/mol. The van der Waals surface area contributed by atoms with Gasteiger partial charge in [0.05, 0.1) is 26.2 Å². The highest BCUT2D eigenvalue weighted by molar-refractivity contribution is 6.79. The van der Waals surface area contributed by atoms with Crippen molar-refractivity contribution in [2.75, 3.05) is 26.8 Å². The quantitative estimate of drug-likeness (QED) is 0.0669. The van der Waals surface area contributed by atoms with Gasteiger partial charge in [-0.05, 0) is 144 Å². The topological polar surface area (TPSA) is 210 Å². The molecule has 7 N–H and O–H groups in total. The first kappa shape index (κ1) is 61.9. The largest absolute Gasteiger partial charge is 0.351 e. The summed E-state index contributed by atoms with van der Waals surface area (Å²) < 4.78 is 0. The van der Waals surface area contributed by atoms with Crippen molar-refractivity contribution < 1.29 is 33.6 Å². The van der Waals surface area contributed by atoms with Crippen LogP contribution in [0.5, 0.6) is 0 Å². The fraction of sp³-hybridized carbons (Fsp3) is 0.516. The Bertz CT molecular complexity index is 2810. The van der Waals surface area contributed by atoms with Crippen molar-refractivity contribution in [3.63, 3.8) is 0 Å². The third-order valence-corrected chi connectivity index (χ3v) is 19.3. The normalized spacial score (nSPS) is 23.1. The number of carbonyl (C=O) groups excluding carboxylic acids is 7. The van der Waals surface area contributed by atoms with E-state index in [-0.39, 0.29) is 72.8 Å². The predicted molar refractivity (Wildman–Crippen MR) is 322 cm³/mol. The molecule has 9 atom stereocenters. The minimum Gasteiger partial charge on any atom is -0.351 e. The molecule has 3 aromatic carbocycles. The smallest absolute Gasteiger partial charge is 0.251 e. The molecule has 16 nitrogen and oxygen atoms in total. The fourth-order valence-electron chi connectivity index (χ4n) is 11.6. The van der Waals surface area contributed by atoms with E-state index in [1.165, 1.54) is 10.5 Å². The number of carbonyl (C=O) groups is 7. The lowest BCUT2D eigenvalue weighted by Crippen LogP contribution is -2.60. The van der Waals surface area contributed by atoms with E-state index in [4.69, 9.17) is 0 Å². The summed E-state index contributed by atoms with van der Waals surface area (Å²) in [7, 11) is 1.40. The summed E-state index contributed by atoms with van der Waals surface area (Å²) in [5, 5.41) is 21.5. The summed E-state index contributed by atoms with van der Waals surface area (Å²) in [5.41, 5.74) is 6.15. The van der Waals surface area contributed by atoms with Crippen molar-refractivity contribution in [1.82, 2.24) is 47.0 Å². The van der Waals surface area contributed by atoms with Gasteiger partial charge in [-0.2, -0.15) is 0 Å². The van der Waals surface area contributed by atoms with E-state index in [1.807, 2.05) is 93.6 Å². The molecule has 4 aliphatic rings. The standard InChI is InChI=1S/C64H89N9O7Si/c1-41-18-12-11-13-22-49(23-16-19-41)67-60(77)54-37-50(38-72(54)63(80)56(64(4,5)6)71-58(75)43(3)66-8)68-59(76)48-34-32-45(33-35-48)27-26-44-28-30-46(31-29-44)36-53(70-57(74)42(2)65-7)62(79)73-40-81(9,10)39-55(73)61(78)69-52-25-17-21-47-20-14-15-24-51(47)52/h11-15,18,20,24,28-35,42-43,49-50,52-56,65-66H,1,16-17,19,21-23,25-27,36-40H2,2-10H3,(H,67,77)(H,68,76)(H,69,78)(H,70,74)(H,71,75)/b13-11-,18-12-/t42-,43-,49-,50-,52+,53-,54-,55-,56?/m0/s1. The number of allylic oxidation sites excluding steroid dienone is 4. The van der Waals surface area contributed by atoms with E-state index in [9.17, 15) is 33.6 Å². The van der Waals surface area contributed by atoms with E-state index in [0.29, 0.717) is 37.0 Å². The lowest BCUT2D eigenvalue weighted by atomic mass is 9.85. The number of nitrogens with one attached hydrogen (secondary N) is 7. The molecule has 2 heterocycles. The molecule has 0 saturated carbocycles. The number of benzene rings is 3. The molecule has 2 aliphatic carbocycles. The molecule has 2 aliphatic heterocycles. The maximum atomic E-state index is 14.7. The molecule has 17 heteroatoms. The van der Waals surface area contributed by atoms with E-state index in [0.717, 1.165) is 66.4 Å². The fourth-order valence-corrected chi connectivity index (χ4v) is 14.4. The highest BCUT2D eigenvalue weighted by Gasteiger charge is 2.48. The molecule has 81 heavy (non-hydrogen) atoms. The maximum absolute atomic E-state index is 14.7. The van der Waals surface area contributed by atoms with Gasteiger partial charge < -0.3 is 47.0 Å². The average Bonchev–Trinajstić information content (AvgIpc) is 4.14. The van der Waals surface area contributed by atoms with Crippen LogP contribution in [0, 0.1) is 5.41 Å². The van der Waals surface area contributed by atoms with Gasteiger partial charge in [-0.1, -0.05) is 131 Å². The minimum atomic E-state index is -1.98. The van der Waals surface area contributed by atoms with Crippen molar-refractivity contribution in [1.29, 1.82) is 0 Å². The SMILES string of the molecule is C=C1/C=C\C=C/C[C@H](NC(=O)[C@@H]2C[C@H](NC(=O)c3ccc(CCc4ccc(C[C@H](NC(=O)[C@H](C)NC)C(=O)N5C[Si](C)(C)C[C@H]5C(=O)N[C@@H]5CCCc6ccccc65)cc4)cc3)CN2C(=O)C(NC(=O)[C@H](C)NC)C(C)(C)C)CCC1. The predicted octanol–water partition coefficient (Wildman–Crippen LogP) is 6.32. The van der Waals surface area contributed by atoms with Crippen molar-refractivity contribution in [3.8, 4) is 0 Å². The van der Waals surface area contributed by atoms with Gasteiger partial charge in [0.25, 0.3) is 5.91 Å². The van der Waals surface area contributed by atoms with Crippen molar-refractivity contribution in [2.45, 2.75) is 179 Å². The van der Waals surface area contributed by atoms with Crippen LogP contribution < -0.4 is 37.2 Å². The third kappa shape index (κ3) is 16.7. The molecule has 0 radical (unpaired) electrons. The van der Waals surface area contributed by atoms with E-state index < -0.39 is 55.8 Å². The molecule has 7 rings (SSSR count). The third-order valence-electron chi connectivity index (χ3n) is 16.7. The Morgan fingerprint density at radius 3 is 1.98 bits per heavy atom. The number of nitrogens with zero attached hydrogens (tertiary/aromatic N) is 2. The van der Waals surface area contributed by atoms with Gasteiger partial charge in [-0.25, -0.2) is 0 Å². The summed E-state index contributed by atoms with van der Waals surface area (Å²) in [6.07, 6.45) is 16.1. The zero-order valence-electron chi connectivity index (χ0n) is 49.3. The average molecular weight is 1120 g/mol.